The quantitative estimate of drug-likeness (QED) is 0.364. The van der Waals surface area contributed by atoms with Crippen LogP contribution in [-0.4, -0.2) is 77.8 Å². The molecule has 0 spiro atoms. The molecule has 0 unspecified atom stereocenters. The fourth-order valence-electron chi connectivity index (χ4n) is 7.07. The number of carbonyl (C=O) groups is 1. The predicted molar refractivity (Wildman–Crippen MR) is 172 cm³/mol. The van der Waals surface area contributed by atoms with E-state index in [9.17, 15) is 22.0 Å². The molecule has 2 fully saturated rings. The van der Waals surface area contributed by atoms with E-state index in [1.807, 2.05) is 32.0 Å². The molecule has 1 N–H and O–H groups in total. The van der Waals surface area contributed by atoms with Crippen molar-refractivity contribution in [3.63, 3.8) is 0 Å². The van der Waals surface area contributed by atoms with Crippen molar-refractivity contribution < 1.29 is 26.7 Å². The van der Waals surface area contributed by atoms with Crippen LogP contribution in [0.2, 0.25) is 0 Å². The number of carbonyl (C=O) groups excluding carboxylic acids is 1. The highest BCUT2D eigenvalue weighted by Gasteiger charge is 2.42. The topological polar surface area (TPSA) is 105 Å². The molecule has 46 heavy (non-hydrogen) atoms. The summed E-state index contributed by atoms with van der Waals surface area (Å²) in [6.45, 7) is 9.32. The molecule has 2 aromatic carbocycles. The van der Waals surface area contributed by atoms with Gasteiger partial charge < -0.3 is 9.64 Å². The van der Waals surface area contributed by atoms with Gasteiger partial charge in [0.2, 0.25) is 17.8 Å². The summed E-state index contributed by atoms with van der Waals surface area (Å²) in [6.07, 6.45) is 0.426. The monoisotopic (exact) mass is 653 g/mol. The molecule has 1 aromatic heterocycles. The molecule has 3 aromatic rings. The van der Waals surface area contributed by atoms with Gasteiger partial charge in [0.15, 0.2) is 0 Å². The summed E-state index contributed by atoms with van der Waals surface area (Å²) >= 11 is 0. The van der Waals surface area contributed by atoms with Gasteiger partial charge in [-0.2, -0.15) is 4.98 Å². The van der Waals surface area contributed by atoms with Gasteiger partial charge in [-0.05, 0) is 68.4 Å². The number of ether oxygens (including phenoxy) is 1. The fourth-order valence-corrected chi connectivity index (χ4v) is 8.06. The fraction of sp³-hybridized carbons (Fsp3) is 0.500. The Kier molecular flexibility index (Phi) is 8.79. The second kappa shape index (κ2) is 12.5. The minimum Gasteiger partial charge on any atom is -0.471 e. The molecule has 2 aliphatic heterocycles. The van der Waals surface area contributed by atoms with Crippen LogP contribution in [0.25, 0.3) is 11.3 Å². The van der Waals surface area contributed by atoms with E-state index in [0.29, 0.717) is 44.6 Å². The standard InChI is InChI=1S/C34H41F2N5O4S/c1-21(2)17-28-29-20-40(25-11-13-34(35,36)14-12-25)15-16-41(28)32(42)24-9-6-10-26(18-24)46(43,44)39-33-37-27(19-30(38-33)45-29)31-22(3)7-5-8-23(31)4/h5-10,18-19,21,25,28-29H,11-17,20H2,1-4H3,(H,37,38,39)/t28-,29+/m1/s1. The number of amides is 1. The van der Waals surface area contributed by atoms with Crippen LogP contribution >= 0.6 is 0 Å². The molecule has 3 aliphatic rings. The molecule has 3 heterocycles. The zero-order valence-corrected chi connectivity index (χ0v) is 27.5. The first-order chi connectivity index (χ1) is 21.8. The molecule has 9 nitrogen and oxygen atoms in total. The Morgan fingerprint density at radius 2 is 1.72 bits per heavy atom. The van der Waals surface area contributed by atoms with E-state index in [1.54, 1.807) is 23.1 Å². The van der Waals surface area contributed by atoms with Crippen molar-refractivity contribution in [2.75, 3.05) is 24.4 Å². The Hall–Kier alpha value is -3.64. The molecule has 6 bridgehead atoms. The smallest absolute Gasteiger partial charge is 0.264 e. The molecular formula is C34H41F2N5O4S. The Balaban J connectivity index is 1.51. The first kappa shape index (κ1) is 32.3. The molecule has 246 valence electrons. The van der Waals surface area contributed by atoms with Gasteiger partial charge in [0, 0.05) is 55.7 Å². The van der Waals surface area contributed by atoms with Gasteiger partial charge in [0.1, 0.15) is 6.10 Å². The molecule has 2 atom stereocenters. The normalized spacial score (nSPS) is 23.4. The van der Waals surface area contributed by atoms with Crippen LogP contribution in [-0.2, 0) is 10.0 Å². The van der Waals surface area contributed by atoms with Crippen molar-refractivity contribution >= 4 is 21.9 Å². The average molecular weight is 654 g/mol. The highest BCUT2D eigenvalue weighted by molar-refractivity contribution is 7.92. The Bertz CT molecular complexity index is 1700. The maximum atomic E-state index is 14.3. The van der Waals surface area contributed by atoms with Crippen molar-refractivity contribution in [2.45, 2.75) is 88.8 Å². The SMILES string of the molecule is Cc1cccc(C)c1-c1cc2nc(n1)NS(=O)(=O)c1cccc(c1)C(=O)N1CCN(C3CCC(F)(F)CC3)C[C@H](O2)[C@H]1CC(C)C. The van der Waals surface area contributed by atoms with Crippen LogP contribution in [0.4, 0.5) is 14.7 Å². The minimum absolute atomic E-state index is 0.0689. The Morgan fingerprint density at radius 1 is 1.02 bits per heavy atom. The number of aryl methyl sites for hydroxylation is 2. The van der Waals surface area contributed by atoms with Gasteiger partial charge in [-0.15, -0.1) is 0 Å². The van der Waals surface area contributed by atoms with Crippen molar-refractivity contribution in [3.8, 4) is 17.1 Å². The van der Waals surface area contributed by atoms with E-state index in [4.69, 9.17) is 4.74 Å². The summed E-state index contributed by atoms with van der Waals surface area (Å²) in [5.74, 6) is -2.75. The van der Waals surface area contributed by atoms with Gasteiger partial charge in [-0.25, -0.2) is 26.9 Å². The molecule has 0 radical (unpaired) electrons. The molecule has 1 saturated carbocycles. The number of anilines is 1. The van der Waals surface area contributed by atoms with E-state index in [1.165, 1.54) is 12.1 Å². The number of sulfonamides is 1. The minimum atomic E-state index is -4.17. The van der Waals surface area contributed by atoms with Gasteiger partial charge in [-0.3, -0.25) is 9.69 Å². The summed E-state index contributed by atoms with van der Waals surface area (Å²) in [6, 6.07) is 13.1. The first-order valence-electron chi connectivity index (χ1n) is 16.0. The van der Waals surface area contributed by atoms with E-state index in [2.05, 4.69) is 33.4 Å². The summed E-state index contributed by atoms with van der Waals surface area (Å²) in [5.41, 5.74) is 3.48. The van der Waals surface area contributed by atoms with Crippen molar-refractivity contribution in [1.82, 2.24) is 19.8 Å². The van der Waals surface area contributed by atoms with Crippen LogP contribution in [0.15, 0.2) is 53.4 Å². The number of nitrogens with zero attached hydrogens (tertiary/aromatic N) is 4. The lowest BCUT2D eigenvalue weighted by atomic mass is 9.90. The number of alkyl halides is 2. The predicted octanol–water partition coefficient (Wildman–Crippen LogP) is 6.07. The van der Waals surface area contributed by atoms with Crippen molar-refractivity contribution in [1.29, 1.82) is 0 Å². The van der Waals surface area contributed by atoms with Crippen LogP contribution in [0.1, 0.15) is 67.4 Å². The van der Waals surface area contributed by atoms with E-state index in [0.717, 1.165) is 16.7 Å². The number of rotatable bonds is 4. The van der Waals surface area contributed by atoms with Gasteiger partial charge in [-0.1, -0.05) is 38.1 Å². The third-order valence-electron chi connectivity index (χ3n) is 9.38. The van der Waals surface area contributed by atoms with Crippen LogP contribution < -0.4 is 9.46 Å². The maximum absolute atomic E-state index is 14.3. The number of hydrogen-bond acceptors (Lipinski definition) is 7. The molecule has 1 saturated heterocycles. The summed E-state index contributed by atoms with van der Waals surface area (Å²) in [5, 5.41) is 0. The van der Waals surface area contributed by atoms with E-state index in [-0.39, 0.29) is 53.0 Å². The van der Waals surface area contributed by atoms with Crippen molar-refractivity contribution in [3.05, 3.63) is 65.2 Å². The van der Waals surface area contributed by atoms with Gasteiger partial charge in [0.25, 0.3) is 15.9 Å². The second-order valence-electron chi connectivity index (χ2n) is 13.2. The third-order valence-corrected chi connectivity index (χ3v) is 10.7. The molecule has 12 heteroatoms. The van der Waals surface area contributed by atoms with Crippen LogP contribution in [0.5, 0.6) is 5.88 Å². The second-order valence-corrected chi connectivity index (χ2v) is 14.9. The third kappa shape index (κ3) is 6.73. The number of benzene rings is 2. The molecular weight excluding hydrogens is 612 g/mol. The molecule has 1 aliphatic carbocycles. The number of fused-ring (bicyclic) bond motifs is 6. The molecule has 6 rings (SSSR count). The summed E-state index contributed by atoms with van der Waals surface area (Å²) < 4.78 is 64.8. The Labute approximate surface area is 269 Å². The zero-order valence-electron chi connectivity index (χ0n) is 26.7. The summed E-state index contributed by atoms with van der Waals surface area (Å²) in [4.78, 5) is 27.3. The number of aromatic nitrogens is 2. The number of hydrogen-bond donors (Lipinski definition) is 1. The average Bonchev–Trinajstić information content (AvgIpc) is 3.15. The maximum Gasteiger partial charge on any atom is 0.264 e. The number of nitrogens with one attached hydrogen (secondary N) is 1. The van der Waals surface area contributed by atoms with E-state index >= 15 is 0 Å². The highest BCUT2D eigenvalue weighted by atomic mass is 32.2. The van der Waals surface area contributed by atoms with Gasteiger partial charge in [0.05, 0.1) is 16.6 Å². The zero-order chi connectivity index (χ0) is 32.8. The molecule has 1 amide bonds. The van der Waals surface area contributed by atoms with Gasteiger partial charge >= 0.3 is 0 Å². The largest absolute Gasteiger partial charge is 0.471 e. The lowest BCUT2D eigenvalue weighted by molar-refractivity contribution is -0.0557. The van der Waals surface area contributed by atoms with Crippen molar-refractivity contribution in [2.24, 2.45) is 5.92 Å². The Morgan fingerprint density at radius 3 is 2.41 bits per heavy atom. The highest BCUT2D eigenvalue weighted by Crippen LogP contribution is 2.37. The van der Waals surface area contributed by atoms with Crippen LogP contribution in [0.3, 0.4) is 0 Å². The summed E-state index contributed by atoms with van der Waals surface area (Å²) in [7, 11) is -4.17. The lowest BCUT2D eigenvalue weighted by Crippen LogP contribution is -2.51. The lowest BCUT2D eigenvalue weighted by Gasteiger charge is -2.38. The first-order valence-corrected chi connectivity index (χ1v) is 17.5. The van der Waals surface area contributed by atoms with Crippen LogP contribution in [0, 0.1) is 19.8 Å². The van der Waals surface area contributed by atoms with E-state index < -0.39 is 28.1 Å². The number of halogens is 2.